The van der Waals surface area contributed by atoms with Crippen LogP contribution in [0.1, 0.15) is 54.1 Å². The zero-order valence-electron chi connectivity index (χ0n) is 12.2. The molecule has 1 aromatic carbocycles. The van der Waals surface area contributed by atoms with Crippen LogP contribution in [0.4, 0.5) is 0 Å². The molecule has 0 spiro atoms. The van der Waals surface area contributed by atoms with Crippen LogP contribution in [0.3, 0.4) is 0 Å². The molecule has 3 heteroatoms. The van der Waals surface area contributed by atoms with Crippen LogP contribution < -0.4 is 0 Å². The Hall–Kier alpha value is -2.03. The Morgan fingerprint density at radius 2 is 2.24 bits per heavy atom. The largest absolute Gasteiger partial charge is 0.367 e. The van der Waals surface area contributed by atoms with Crippen LogP contribution in [0, 0.1) is 6.07 Å². The summed E-state index contributed by atoms with van der Waals surface area (Å²) < 4.78 is 0. The van der Waals surface area contributed by atoms with E-state index < -0.39 is 0 Å². The third-order valence-electron chi connectivity index (χ3n) is 4.63. The molecule has 2 aliphatic rings. The zero-order valence-corrected chi connectivity index (χ0v) is 12.2. The second-order valence-electron chi connectivity index (χ2n) is 6.12. The number of aromatic amines is 1. The number of H-pyrrole nitrogens is 1. The predicted octanol–water partition coefficient (Wildman–Crippen LogP) is 3.85. The molecular weight excluding hydrogens is 258 g/mol. The molecular formula is C18H20N3. The van der Waals surface area contributed by atoms with Gasteiger partial charge in [0, 0.05) is 12.7 Å². The first-order valence-corrected chi connectivity index (χ1v) is 7.83. The first kappa shape index (κ1) is 12.7. The van der Waals surface area contributed by atoms with E-state index in [1.807, 2.05) is 0 Å². The normalized spacial score (nSPS) is 18.2. The number of nitrogens with one attached hydrogen (secondary N) is 1. The highest BCUT2D eigenvalue weighted by atomic mass is 15.1. The van der Waals surface area contributed by atoms with Crippen molar-refractivity contribution in [3.63, 3.8) is 0 Å². The number of hydrogen-bond acceptors (Lipinski definition) is 2. The highest BCUT2D eigenvalue weighted by Crippen LogP contribution is 2.34. The summed E-state index contributed by atoms with van der Waals surface area (Å²) in [4.78, 5) is 9.85. The van der Waals surface area contributed by atoms with E-state index in [1.54, 1.807) is 6.33 Å². The minimum atomic E-state index is 0.736. The van der Waals surface area contributed by atoms with E-state index in [0.29, 0.717) is 0 Å². The summed E-state index contributed by atoms with van der Waals surface area (Å²) in [6, 6.07) is 10.1. The molecule has 0 unspecified atom stereocenters. The number of aromatic nitrogens is 2. The third-order valence-corrected chi connectivity index (χ3v) is 4.63. The quantitative estimate of drug-likeness (QED) is 0.924. The first-order chi connectivity index (χ1) is 10.4. The van der Waals surface area contributed by atoms with E-state index in [1.165, 1.54) is 36.8 Å². The summed E-state index contributed by atoms with van der Waals surface area (Å²) in [6.45, 7) is 1.82. The molecule has 1 radical (unpaired) electrons. The Labute approximate surface area is 125 Å². The molecule has 3 nitrogen and oxygen atoms in total. The van der Waals surface area contributed by atoms with Crippen molar-refractivity contribution in [1.82, 2.24) is 14.9 Å². The zero-order chi connectivity index (χ0) is 14.1. The fraction of sp³-hybridized carbons (Fsp3) is 0.389. The molecule has 2 aromatic rings. The summed E-state index contributed by atoms with van der Waals surface area (Å²) in [5.74, 6) is 0.736. The minimum Gasteiger partial charge on any atom is -0.367 e. The van der Waals surface area contributed by atoms with Gasteiger partial charge in [-0.2, -0.15) is 0 Å². The number of benzene rings is 1. The van der Waals surface area contributed by atoms with E-state index in [0.717, 1.165) is 30.4 Å². The molecule has 0 bridgehead atoms. The van der Waals surface area contributed by atoms with Gasteiger partial charge >= 0.3 is 0 Å². The van der Waals surface area contributed by atoms with Crippen molar-refractivity contribution >= 4 is 6.08 Å². The summed E-state index contributed by atoms with van der Waals surface area (Å²) in [5.41, 5.74) is 5.06. The fourth-order valence-corrected chi connectivity index (χ4v) is 3.48. The van der Waals surface area contributed by atoms with Crippen LogP contribution >= 0.6 is 0 Å². The molecule has 1 aromatic heterocycles. The van der Waals surface area contributed by atoms with Crippen molar-refractivity contribution in [2.75, 3.05) is 0 Å². The molecule has 21 heavy (non-hydrogen) atoms. The second-order valence-corrected chi connectivity index (χ2v) is 6.12. The van der Waals surface area contributed by atoms with Crippen LogP contribution in [-0.4, -0.2) is 14.9 Å². The molecule has 1 saturated carbocycles. The van der Waals surface area contributed by atoms with Crippen LogP contribution in [0.15, 0.2) is 30.7 Å². The van der Waals surface area contributed by atoms with Gasteiger partial charge in [-0.3, -0.25) is 0 Å². The lowest BCUT2D eigenvalue weighted by Crippen LogP contribution is -2.19. The lowest BCUT2D eigenvalue weighted by Gasteiger charge is -2.23. The van der Waals surface area contributed by atoms with Gasteiger partial charge in [0.15, 0.2) is 0 Å². The molecule has 4 rings (SSSR count). The molecule has 2 heterocycles. The third kappa shape index (κ3) is 2.60. The fourth-order valence-electron chi connectivity index (χ4n) is 3.48. The van der Waals surface area contributed by atoms with Gasteiger partial charge < -0.3 is 9.88 Å². The molecule has 0 saturated heterocycles. The number of fused-ring (bicyclic) bond motifs is 1. The predicted molar refractivity (Wildman–Crippen MR) is 83.4 cm³/mol. The van der Waals surface area contributed by atoms with Crippen LogP contribution in [-0.2, 0) is 13.1 Å². The highest BCUT2D eigenvalue weighted by molar-refractivity contribution is 5.49. The van der Waals surface area contributed by atoms with Gasteiger partial charge in [-0.1, -0.05) is 31.0 Å². The topological polar surface area (TPSA) is 31.9 Å². The molecule has 0 atom stereocenters. The van der Waals surface area contributed by atoms with Gasteiger partial charge in [0.25, 0.3) is 0 Å². The molecule has 0 amide bonds. The van der Waals surface area contributed by atoms with Crippen LogP contribution in [0.2, 0.25) is 0 Å². The summed E-state index contributed by atoms with van der Waals surface area (Å²) in [6.07, 6.45) is 11.5. The van der Waals surface area contributed by atoms with Gasteiger partial charge in [-0.05, 0) is 42.0 Å². The van der Waals surface area contributed by atoms with Crippen molar-refractivity contribution in [1.29, 1.82) is 0 Å². The van der Waals surface area contributed by atoms with Gasteiger partial charge in [-0.15, -0.1) is 0 Å². The molecule has 107 valence electrons. The molecule has 1 N–H and O–H groups in total. The van der Waals surface area contributed by atoms with E-state index in [4.69, 9.17) is 0 Å². The SMILES string of the molecule is [c]1ccc(CN2C=Cc3[nH]cnc3C2)cc1C1CCCC1. The number of nitrogens with zero attached hydrogens (tertiary/aromatic N) is 2. The Balaban J connectivity index is 1.49. The average Bonchev–Trinajstić information content (AvgIpc) is 3.18. The molecule has 1 aliphatic carbocycles. The minimum absolute atomic E-state index is 0.736. The maximum Gasteiger partial charge on any atom is 0.0928 e. The average molecular weight is 278 g/mol. The standard InChI is InChI=1S/C18H20N3/c1-2-6-15(5-1)16-7-3-4-14(10-16)11-21-9-8-17-18(12-21)20-13-19-17/h3-4,8-10,13,15H,1-2,5-6,11-12H2,(H,19,20). The smallest absolute Gasteiger partial charge is 0.0928 e. The van der Waals surface area contributed by atoms with Gasteiger partial charge in [0.2, 0.25) is 0 Å². The summed E-state index contributed by atoms with van der Waals surface area (Å²) in [5, 5.41) is 0. The van der Waals surface area contributed by atoms with E-state index in [-0.39, 0.29) is 0 Å². The highest BCUT2D eigenvalue weighted by Gasteiger charge is 2.18. The van der Waals surface area contributed by atoms with Crippen LogP contribution in [0.25, 0.3) is 6.08 Å². The maximum atomic E-state index is 4.37. The Bertz CT molecular complexity index is 650. The van der Waals surface area contributed by atoms with Gasteiger partial charge in [-0.25, -0.2) is 4.98 Å². The number of imidazole rings is 1. The lowest BCUT2D eigenvalue weighted by molar-refractivity contribution is 0.355. The second kappa shape index (κ2) is 5.40. The number of hydrogen-bond donors (Lipinski definition) is 1. The summed E-state index contributed by atoms with van der Waals surface area (Å²) in [7, 11) is 0. The Morgan fingerprint density at radius 1 is 1.33 bits per heavy atom. The van der Waals surface area contributed by atoms with Crippen LogP contribution in [0.5, 0.6) is 0 Å². The molecule has 1 aliphatic heterocycles. The van der Waals surface area contributed by atoms with Crippen molar-refractivity contribution in [2.24, 2.45) is 0 Å². The monoisotopic (exact) mass is 278 g/mol. The van der Waals surface area contributed by atoms with Gasteiger partial charge in [0.1, 0.15) is 0 Å². The Morgan fingerprint density at radius 3 is 3.14 bits per heavy atom. The lowest BCUT2D eigenvalue weighted by atomic mass is 9.96. The Kier molecular flexibility index (Phi) is 3.26. The van der Waals surface area contributed by atoms with Crippen molar-refractivity contribution in [3.05, 3.63) is 59.3 Å². The van der Waals surface area contributed by atoms with Gasteiger partial charge in [0.05, 0.1) is 24.3 Å². The maximum absolute atomic E-state index is 4.37. The van der Waals surface area contributed by atoms with E-state index >= 15 is 0 Å². The van der Waals surface area contributed by atoms with E-state index in [2.05, 4.69) is 51.4 Å². The molecule has 1 fully saturated rings. The first-order valence-electron chi connectivity index (χ1n) is 7.83. The van der Waals surface area contributed by atoms with E-state index in [9.17, 15) is 0 Å². The number of rotatable bonds is 3. The van der Waals surface area contributed by atoms with Crippen molar-refractivity contribution in [3.8, 4) is 0 Å². The summed E-state index contributed by atoms with van der Waals surface area (Å²) >= 11 is 0. The van der Waals surface area contributed by atoms with Crippen molar-refractivity contribution in [2.45, 2.75) is 44.7 Å². The van der Waals surface area contributed by atoms with Crippen molar-refractivity contribution < 1.29 is 0 Å².